The first kappa shape index (κ1) is 17.7. The van der Waals surface area contributed by atoms with Crippen molar-refractivity contribution in [1.29, 1.82) is 0 Å². The van der Waals surface area contributed by atoms with Gasteiger partial charge in [-0.25, -0.2) is 0 Å². The Hall–Kier alpha value is -2.08. The summed E-state index contributed by atoms with van der Waals surface area (Å²) in [6.07, 6.45) is 0. The molecule has 0 bridgehead atoms. The number of hydrogen-bond acceptors (Lipinski definition) is 4. The predicted molar refractivity (Wildman–Crippen MR) is 98.2 cm³/mol. The van der Waals surface area contributed by atoms with E-state index in [1.54, 1.807) is 25.3 Å². The highest BCUT2D eigenvalue weighted by Crippen LogP contribution is 2.29. The zero-order chi connectivity index (χ0) is 17.6. The molecular weight excluding hydrogens is 340 g/mol. The zero-order valence-electron chi connectivity index (χ0n) is 14.1. The number of hydrogen-bond donors (Lipinski definition) is 1. The van der Waals surface area contributed by atoms with Crippen LogP contribution in [0.3, 0.4) is 0 Å². The molecule has 0 saturated carbocycles. The molecule has 5 nitrogen and oxygen atoms in total. The summed E-state index contributed by atoms with van der Waals surface area (Å²) in [6.45, 7) is 2.70. The number of ether oxygens (including phenoxy) is 2. The second kappa shape index (κ2) is 8.34. The first-order valence-corrected chi connectivity index (χ1v) is 8.58. The molecule has 132 valence electrons. The highest BCUT2D eigenvalue weighted by atomic mass is 35.5. The third kappa shape index (κ3) is 4.31. The Kier molecular flexibility index (Phi) is 5.91. The van der Waals surface area contributed by atoms with Crippen LogP contribution >= 0.6 is 11.6 Å². The van der Waals surface area contributed by atoms with E-state index < -0.39 is 0 Å². The van der Waals surface area contributed by atoms with Crippen LogP contribution in [0.25, 0.3) is 0 Å². The van der Waals surface area contributed by atoms with Crippen LogP contribution in [0.2, 0.25) is 5.02 Å². The molecule has 0 unspecified atom stereocenters. The minimum atomic E-state index is -0.369. The number of carbonyl (C=O) groups excluding carboxylic acids is 1. The quantitative estimate of drug-likeness (QED) is 0.888. The van der Waals surface area contributed by atoms with Gasteiger partial charge in [0.05, 0.1) is 25.3 Å². The molecule has 1 aliphatic rings. The largest absolute Gasteiger partial charge is 0.495 e. The van der Waals surface area contributed by atoms with Gasteiger partial charge in [-0.3, -0.25) is 9.69 Å². The van der Waals surface area contributed by atoms with E-state index in [2.05, 4.69) is 10.2 Å². The van der Waals surface area contributed by atoms with E-state index >= 15 is 0 Å². The van der Waals surface area contributed by atoms with E-state index in [4.69, 9.17) is 21.1 Å². The molecule has 1 aliphatic heterocycles. The lowest BCUT2D eigenvalue weighted by Gasteiger charge is -2.33. The van der Waals surface area contributed by atoms with Gasteiger partial charge in [-0.15, -0.1) is 0 Å². The van der Waals surface area contributed by atoms with Crippen LogP contribution in [0.1, 0.15) is 11.6 Å². The van der Waals surface area contributed by atoms with Crippen LogP contribution in [-0.2, 0) is 9.53 Å². The number of halogens is 1. The van der Waals surface area contributed by atoms with Crippen molar-refractivity contribution in [1.82, 2.24) is 4.90 Å². The summed E-state index contributed by atoms with van der Waals surface area (Å²) in [5.74, 6) is 0.488. The normalized spacial score (nSPS) is 16.2. The maximum atomic E-state index is 13.0. The van der Waals surface area contributed by atoms with Crippen LogP contribution < -0.4 is 10.1 Å². The van der Waals surface area contributed by atoms with Crippen LogP contribution in [-0.4, -0.2) is 44.2 Å². The molecule has 6 heteroatoms. The average Bonchev–Trinajstić information content (AvgIpc) is 2.64. The van der Waals surface area contributed by atoms with Gasteiger partial charge in [0, 0.05) is 18.8 Å². The highest BCUT2D eigenvalue weighted by molar-refractivity contribution is 6.32. The minimum absolute atomic E-state index is 0.0886. The van der Waals surface area contributed by atoms with Gasteiger partial charge >= 0.3 is 0 Å². The van der Waals surface area contributed by atoms with E-state index in [0.29, 0.717) is 29.7 Å². The average molecular weight is 361 g/mol. The molecule has 2 aromatic rings. The van der Waals surface area contributed by atoms with Gasteiger partial charge in [-0.05, 0) is 23.8 Å². The summed E-state index contributed by atoms with van der Waals surface area (Å²) in [7, 11) is 1.56. The van der Waals surface area contributed by atoms with Crippen LogP contribution in [0, 0.1) is 0 Å². The van der Waals surface area contributed by atoms with Crippen molar-refractivity contribution in [3.05, 3.63) is 59.1 Å². The molecule has 0 radical (unpaired) electrons. The minimum Gasteiger partial charge on any atom is -0.495 e. The number of nitrogens with one attached hydrogen (secondary N) is 1. The Morgan fingerprint density at radius 1 is 1.20 bits per heavy atom. The van der Waals surface area contributed by atoms with Gasteiger partial charge in [0.15, 0.2) is 0 Å². The van der Waals surface area contributed by atoms with Crippen molar-refractivity contribution >= 4 is 23.2 Å². The number of rotatable bonds is 5. The monoisotopic (exact) mass is 360 g/mol. The van der Waals surface area contributed by atoms with Crippen LogP contribution in [0.5, 0.6) is 5.75 Å². The van der Waals surface area contributed by atoms with E-state index in [-0.39, 0.29) is 11.9 Å². The Morgan fingerprint density at radius 3 is 2.56 bits per heavy atom. The lowest BCUT2D eigenvalue weighted by atomic mass is 10.0. The number of methoxy groups -OCH3 is 1. The molecular formula is C19H21ClN2O3. The fraction of sp³-hybridized carbons (Fsp3) is 0.316. The summed E-state index contributed by atoms with van der Waals surface area (Å²) >= 11 is 6.15. The molecule has 25 heavy (non-hydrogen) atoms. The van der Waals surface area contributed by atoms with Gasteiger partial charge in [0.1, 0.15) is 11.8 Å². The third-order valence-corrected chi connectivity index (χ3v) is 4.49. The van der Waals surface area contributed by atoms with Crippen LogP contribution in [0.15, 0.2) is 48.5 Å². The molecule has 3 rings (SSSR count). The standard InChI is InChI=1S/C19H21ClN2O3/c1-24-17-8-7-15(13-16(17)20)21-19(23)18(14-5-3-2-4-6-14)22-9-11-25-12-10-22/h2-8,13,18H,9-12H2,1H3,(H,21,23)/t18-/m0/s1. The lowest BCUT2D eigenvalue weighted by molar-refractivity contribution is -0.123. The summed E-state index contributed by atoms with van der Waals surface area (Å²) in [5.41, 5.74) is 1.60. The molecule has 1 amide bonds. The zero-order valence-corrected chi connectivity index (χ0v) is 14.8. The van der Waals surface area contributed by atoms with E-state index in [0.717, 1.165) is 18.7 Å². The Balaban J connectivity index is 1.82. The first-order chi connectivity index (χ1) is 12.2. The van der Waals surface area contributed by atoms with Gasteiger partial charge in [0.2, 0.25) is 5.91 Å². The fourth-order valence-corrected chi connectivity index (χ4v) is 3.21. The summed E-state index contributed by atoms with van der Waals surface area (Å²) in [5, 5.41) is 3.43. The number of amides is 1. The summed E-state index contributed by atoms with van der Waals surface area (Å²) in [6, 6.07) is 14.6. The number of nitrogens with zero attached hydrogens (tertiary/aromatic N) is 1. The topological polar surface area (TPSA) is 50.8 Å². The number of morpholine rings is 1. The molecule has 1 N–H and O–H groups in total. The molecule has 1 atom stereocenters. The van der Waals surface area contributed by atoms with Crippen molar-refractivity contribution < 1.29 is 14.3 Å². The first-order valence-electron chi connectivity index (χ1n) is 8.20. The Bertz CT molecular complexity index is 718. The molecule has 0 aromatic heterocycles. The van der Waals surface area contributed by atoms with Crippen molar-refractivity contribution in [3.8, 4) is 5.75 Å². The SMILES string of the molecule is COc1ccc(NC(=O)[C@H](c2ccccc2)N2CCOCC2)cc1Cl. The van der Waals surface area contributed by atoms with Crippen LogP contribution in [0.4, 0.5) is 5.69 Å². The van der Waals surface area contributed by atoms with E-state index in [1.807, 2.05) is 30.3 Å². The fourth-order valence-electron chi connectivity index (χ4n) is 2.95. The predicted octanol–water partition coefficient (Wildman–Crippen LogP) is 3.36. The summed E-state index contributed by atoms with van der Waals surface area (Å²) < 4.78 is 10.6. The van der Waals surface area contributed by atoms with Crippen molar-refractivity contribution in [2.24, 2.45) is 0 Å². The molecule has 1 heterocycles. The maximum Gasteiger partial charge on any atom is 0.246 e. The van der Waals surface area contributed by atoms with Crippen molar-refractivity contribution in [2.75, 3.05) is 38.7 Å². The van der Waals surface area contributed by atoms with Gasteiger partial charge in [-0.2, -0.15) is 0 Å². The summed E-state index contributed by atoms with van der Waals surface area (Å²) in [4.78, 5) is 15.1. The van der Waals surface area contributed by atoms with Crippen molar-refractivity contribution in [2.45, 2.75) is 6.04 Å². The molecule has 2 aromatic carbocycles. The molecule has 1 saturated heterocycles. The number of anilines is 1. The van der Waals surface area contributed by atoms with E-state index in [9.17, 15) is 4.79 Å². The van der Waals surface area contributed by atoms with Gasteiger partial charge in [0.25, 0.3) is 0 Å². The van der Waals surface area contributed by atoms with Gasteiger partial charge < -0.3 is 14.8 Å². The van der Waals surface area contributed by atoms with E-state index in [1.165, 1.54) is 0 Å². The number of carbonyl (C=O) groups is 1. The number of benzene rings is 2. The Labute approximate surface area is 152 Å². The second-order valence-electron chi connectivity index (χ2n) is 5.80. The second-order valence-corrected chi connectivity index (χ2v) is 6.21. The highest BCUT2D eigenvalue weighted by Gasteiger charge is 2.29. The molecule has 0 aliphatic carbocycles. The Morgan fingerprint density at radius 2 is 1.92 bits per heavy atom. The molecule has 1 fully saturated rings. The smallest absolute Gasteiger partial charge is 0.246 e. The maximum absolute atomic E-state index is 13.0. The molecule has 0 spiro atoms. The lowest BCUT2D eigenvalue weighted by Crippen LogP contribution is -2.43. The van der Waals surface area contributed by atoms with Crippen molar-refractivity contribution in [3.63, 3.8) is 0 Å². The van der Waals surface area contributed by atoms with Gasteiger partial charge in [-0.1, -0.05) is 41.9 Å². The third-order valence-electron chi connectivity index (χ3n) is 4.19.